The van der Waals surface area contributed by atoms with Gasteiger partial charge in [0.05, 0.1) is 32.0 Å². The Morgan fingerprint density at radius 3 is 2.57 bits per heavy atom. The first kappa shape index (κ1) is 19.2. The van der Waals surface area contributed by atoms with Crippen LogP contribution in [0.15, 0.2) is 36.7 Å². The molecule has 0 atom stereocenters. The standard InChI is InChI=1S/C19H19FN4O4/c1-4-28-19(25)24-15-7-11(5-6-13(15)20)23-18-12-8-16(26-2)17(27-3)9-14(12)21-10-22-18/h5-10H,4H2,1-3H3,(H,24,25)(H,21,22,23). The molecule has 2 N–H and O–H groups in total. The lowest BCUT2D eigenvalue weighted by atomic mass is 10.2. The van der Waals surface area contributed by atoms with Crippen LogP contribution in [0.1, 0.15) is 6.92 Å². The Balaban J connectivity index is 1.95. The van der Waals surface area contributed by atoms with Crippen molar-refractivity contribution in [2.24, 2.45) is 0 Å². The monoisotopic (exact) mass is 386 g/mol. The number of halogens is 1. The Bertz CT molecular complexity index is 1010. The van der Waals surface area contributed by atoms with Crippen LogP contribution in [0.3, 0.4) is 0 Å². The molecule has 146 valence electrons. The first-order valence-corrected chi connectivity index (χ1v) is 8.42. The van der Waals surface area contributed by atoms with Crippen molar-refractivity contribution in [2.75, 3.05) is 31.5 Å². The van der Waals surface area contributed by atoms with Crippen molar-refractivity contribution in [3.8, 4) is 11.5 Å². The molecule has 0 aliphatic rings. The van der Waals surface area contributed by atoms with Gasteiger partial charge < -0.3 is 19.5 Å². The highest BCUT2D eigenvalue weighted by atomic mass is 19.1. The molecular weight excluding hydrogens is 367 g/mol. The van der Waals surface area contributed by atoms with Gasteiger partial charge >= 0.3 is 6.09 Å². The largest absolute Gasteiger partial charge is 0.493 e. The number of carbonyl (C=O) groups is 1. The maximum absolute atomic E-state index is 14.0. The summed E-state index contributed by atoms with van der Waals surface area (Å²) in [4.78, 5) is 20.1. The van der Waals surface area contributed by atoms with Crippen LogP contribution in [-0.4, -0.2) is 36.9 Å². The lowest BCUT2D eigenvalue weighted by molar-refractivity contribution is 0.168. The zero-order chi connectivity index (χ0) is 20.1. The highest BCUT2D eigenvalue weighted by Crippen LogP contribution is 2.34. The van der Waals surface area contributed by atoms with Crippen LogP contribution in [0.5, 0.6) is 11.5 Å². The van der Waals surface area contributed by atoms with E-state index in [0.717, 1.165) is 0 Å². The van der Waals surface area contributed by atoms with Gasteiger partial charge in [-0.15, -0.1) is 0 Å². The van der Waals surface area contributed by atoms with E-state index in [1.807, 2.05) is 0 Å². The fraction of sp³-hybridized carbons (Fsp3) is 0.211. The molecule has 3 rings (SSSR count). The van der Waals surface area contributed by atoms with Crippen LogP contribution in [0.4, 0.5) is 26.4 Å². The number of fused-ring (bicyclic) bond motifs is 1. The minimum absolute atomic E-state index is 0.0129. The topological polar surface area (TPSA) is 94.6 Å². The van der Waals surface area contributed by atoms with Crippen LogP contribution in [0.2, 0.25) is 0 Å². The molecule has 0 unspecified atom stereocenters. The summed E-state index contributed by atoms with van der Waals surface area (Å²) in [5, 5.41) is 6.15. The molecule has 0 aliphatic carbocycles. The molecular formula is C19H19FN4O4. The van der Waals surface area contributed by atoms with E-state index in [0.29, 0.717) is 33.9 Å². The van der Waals surface area contributed by atoms with Crippen molar-refractivity contribution in [2.45, 2.75) is 6.92 Å². The molecule has 0 fully saturated rings. The van der Waals surface area contributed by atoms with Gasteiger partial charge in [-0.1, -0.05) is 0 Å². The van der Waals surface area contributed by atoms with E-state index in [1.165, 1.54) is 31.6 Å². The Labute approximate surface area is 160 Å². The van der Waals surface area contributed by atoms with Crippen LogP contribution < -0.4 is 20.1 Å². The van der Waals surface area contributed by atoms with Gasteiger partial charge in [-0.05, 0) is 31.2 Å². The van der Waals surface area contributed by atoms with E-state index in [2.05, 4.69) is 20.6 Å². The predicted molar refractivity (Wildman–Crippen MR) is 103 cm³/mol. The zero-order valence-electron chi connectivity index (χ0n) is 15.6. The molecule has 1 aromatic heterocycles. The van der Waals surface area contributed by atoms with E-state index in [1.54, 1.807) is 26.2 Å². The van der Waals surface area contributed by atoms with Gasteiger partial charge in [0.1, 0.15) is 18.0 Å². The molecule has 9 heteroatoms. The number of ether oxygens (including phenoxy) is 3. The van der Waals surface area contributed by atoms with Gasteiger partial charge in [-0.2, -0.15) is 0 Å². The second-order valence-corrected chi connectivity index (χ2v) is 5.61. The average Bonchev–Trinajstić information content (AvgIpc) is 2.70. The van der Waals surface area contributed by atoms with Crippen molar-refractivity contribution in [3.63, 3.8) is 0 Å². The van der Waals surface area contributed by atoms with Crippen molar-refractivity contribution in [1.29, 1.82) is 0 Å². The summed E-state index contributed by atoms with van der Waals surface area (Å²) in [5.74, 6) is 0.969. The Hall–Kier alpha value is -3.62. The molecule has 0 saturated carbocycles. The van der Waals surface area contributed by atoms with E-state index in [9.17, 15) is 9.18 Å². The van der Waals surface area contributed by atoms with E-state index in [-0.39, 0.29) is 12.3 Å². The molecule has 0 bridgehead atoms. The third kappa shape index (κ3) is 4.03. The fourth-order valence-electron chi connectivity index (χ4n) is 2.60. The zero-order valence-corrected chi connectivity index (χ0v) is 15.6. The first-order chi connectivity index (χ1) is 13.5. The van der Waals surface area contributed by atoms with Crippen LogP contribution in [0, 0.1) is 5.82 Å². The normalized spacial score (nSPS) is 10.4. The molecule has 28 heavy (non-hydrogen) atoms. The number of methoxy groups -OCH3 is 2. The molecule has 0 saturated heterocycles. The number of hydrogen-bond donors (Lipinski definition) is 2. The highest BCUT2D eigenvalue weighted by molar-refractivity contribution is 5.93. The molecule has 8 nitrogen and oxygen atoms in total. The van der Waals surface area contributed by atoms with Gasteiger partial charge in [0, 0.05) is 17.1 Å². The summed E-state index contributed by atoms with van der Waals surface area (Å²) in [6.45, 7) is 1.85. The van der Waals surface area contributed by atoms with Crippen molar-refractivity contribution in [1.82, 2.24) is 9.97 Å². The summed E-state index contributed by atoms with van der Waals surface area (Å²) >= 11 is 0. The molecule has 0 radical (unpaired) electrons. The number of amides is 1. The predicted octanol–water partition coefficient (Wildman–Crippen LogP) is 4.10. The van der Waals surface area contributed by atoms with Gasteiger partial charge in [0.15, 0.2) is 11.5 Å². The number of hydrogen-bond acceptors (Lipinski definition) is 7. The summed E-state index contributed by atoms with van der Waals surface area (Å²) in [6, 6.07) is 7.69. The molecule has 2 aromatic carbocycles. The van der Waals surface area contributed by atoms with E-state index < -0.39 is 11.9 Å². The third-order valence-corrected chi connectivity index (χ3v) is 3.88. The molecule has 1 amide bonds. The first-order valence-electron chi connectivity index (χ1n) is 8.42. The molecule has 1 heterocycles. The maximum Gasteiger partial charge on any atom is 0.411 e. The summed E-state index contributed by atoms with van der Waals surface area (Å²) < 4.78 is 29.4. The van der Waals surface area contributed by atoms with Crippen molar-refractivity contribution in [3.05, 3.63) is 42.5 Å². The van der Waals surface area contributed by atoms with Gasteiger partial charge in [0.25, 0.3) is 0 Å². The number of rotatable bonds is 6. The summed E-state index contributed by atoms with van der Waals surface area (Å²) in [5.41, 5.74) is 1.14. The van der Waals surface area contributed by atoms with E-state index >= 15 is 0 Å². The quantitative estimate of drug-likeness (QED) is 0.659. The lowest BCUT2D eigenvalue weighted by Crippen LogP contribution is -2.14. The van der Waals surface area contributed by atoms with Crippen LogP contribution in [0.25, 0.3) is 10.9 Å². The number of nitrogens with zero attached hydrogens (tertiary/aromatic N) is 2. The summed E-state index contributed by atoms with van der Waals surface area (Å²) in [6.07, 6.45) is 0.667. The van der Waals surface area contributed by atoms with E-state index in [4.69, 9.17) is 14.2 Å². The number of nitrogens with one attached hydrogen (secondary N) is 2. The SMILES string of the molecule is CCOC(=O)Nc1cc(Nc2ncnc3cc(OC)c(OC)cc23)ccc1F. The molecule has 0 aliphatic heterocycles. The van der Waals surface area contributed by atoms with Crippen LogP contribution in [-0.2, 0) is 4.74 Å². The van der Waals surface area contributed by atoms with Gasteiger partial charge in [-0.25, -0.2) is 19.2 Å². The lowest BCUT2D eigenvalue weighted by Gasteiger charge is -2.13. The minimum atomic E-state index is -0.733. The molecule has 3 aromatic rings. The van der Waals surface area contributed by atoms with Crippen molar-refractivity contribution >= 4 is 34.2 Å². The number of aromatic nitrogens is 2. The second kappa shape index (κ2) is 8.38. The maximum atomic E-state index is 14.0. The number of benzene rings is 2. The Kier molecular flexibility index (Phi) is 5.73. The van der Waals surface area contributed by atoms with Gasteiger partial charge in [-0.3, -0.25) is 5.32 Å². The molecule has 0 spiro atoms. The Morgan fingerprint density at radius 2 is 1.86 bits per heavy atom. The number of anilines is 3. The Morgan fingerprint density at radius 1 is 1.11 bits per heavy atom. The van der Waals surface area contributed by atoms with Gasteiger partial charge in [0.2, 0.25) is 0 Å². The smallest absolute Gasteiger partial charge is 0.411 e. The minimum Gasteiger partial charge on any atom is -0.493 e. The second-order valence-electron chi connectivity index (χ2n) is 5.61. The van der Waals surface area contributed by atoms with Crippen molar-refractivity contribution < 1.29 is 23.4 Å². The fourth-order valence-corrected chi connectivity index (χ4v) is 2.60. The third-order valence-electron chi connectivity index (χ3n) is 3.88. The highest BCUT2D eigenvalue weighted by Gasteiger charge is 2.13. The summed E-state index contributed by atoms with van der Waals surface area (Å²) in [7, 11) is 3.08. The number of carbonyl (C=O) groups excluding carboxylic acids is 1. The average molecular weight is 386 g/mol. The van der Waals surface area contributed by atoms with Crippen LogP contribution >= 0.6 is 0 Å².